The highest BCUT2D eigenvalue weighted by atomic mass is 16.3. The van der Waals surface area contributed by atoms with Gasteiger partial charge in [0, 0.05) is 18.3 Å². The molecule has 0 bridgehead atoms. The summed E-state index contributed by atoms with van der Waals surface area (Å²) in [6, 6.07) is 3.85. The van der Waals surface area contributed by atoms with E-state index in [1.807, 2.05) is 13.0 Å². The van der Waals surface area contributed by atoms with Crippen LogP contribution in [0.15, 0.2) is 12.1 Å². The molecule has 2 rings (SSSR count). The van der Waals surface area contributed by atoms with Gasteiger partial charge in [-0.05, 0) is 57.8 Å². The van der Waals surface area contributed by atoms with Crippen LogP contribution in [0.5, 0.6) is 5.75 Å². The number of piperidine rings is 1. The van der Waals surface area contributed by atoms with E-state index in [1.54, 1.807) is 6.07 Å². The summed E-state index contributed by atoms with van der Waals surface area (Å²) in [4.78, 5) is 6.75. The average molecular weight is 249 g/mol. The number of nitrogens with two attached hydrogens (primary N) is 1. The highest BCUT2D eigenvalue weighted by Crippen LogP contribution is 2.23. The number of rotatable bonds is 3. The van der Waals surface area contributed by atoms with Crippen molar-refractivity contribution in [3.63, 3.8) is 0 Å². The van der Waals surface area contributed by atoms with E-state index in [-0.39, 0.29) is 6.04 Å². The predicted octanol–water partition coefficient (Wildman–Crippen LogP) is 1.65. The van der Waals surface area contributed by atoms with Gasteiger partial charge in [0.1, 0.15) is 5.75 Å². The molecule has 3 N–H and O–H groups in total. The van der Waals surface area contributed by atoms with Crippen LogP contribution in [0.25, 0.3) is 0 Å². The standard InChI is InChI=1S/C14H23N3O/c1-10-3-4-14(18)13(16-10)9-17-7-5-12(6-8-17)11(2)15/h3-4,11-12,18H,5-9,15H2,1-2H3/t11-/m1/s1. The first-order valence-electron chi connectivity index (χ1n) is 6.69. The van der Waals surface area contributed by atoms with Gasteiger partial charge in [-0.2, -0.15) is 0 Å². The Morgan fingerprint density at radius 3 is 2.72 bits per heavy atom. The summed E-state index contributed by atoms with van der Waals surface area (Å²) >= 11 is 0. The fraction of sp³-hybridized carbons (Fsp3) is 0.643. The molecular weight excluding hydrogens is 226 g/mol. The lowest BCUT2D eigenvalue weighted by molar-refractivity contribution is 0.163. The van der Waals surface area contributed by atoms with Gasteiger partial charge in [0.15, 0.2) is 0 Å². The van der Waals surface area contributed by atoms with Crippen LogP contribution in [0.1, 0.15) is 31.2 Å². The first-order chi connectivity index (χ1) is 8.56. The second-order valence-electron chi connectivity index (χ2n) is 5.39. The normalized spacial score (nSPS) is 19.9. The lowest BCUT2D eigenvalue weighted by Crippen LogP contribution is -2.39. The van der Waals surface area contributed by atoms with Crippen molar-refractivity contribution in [2.24, 2.45) is 11.7 Å². The number of hydrogen-bond acceptors (Lipinski definition) is 4. The number of aromatic hydroxyl groups is 1. The summed E-state index contributed by atoms with van der Waals surface area (Å²) in [5.41, 5.74) is 7.68. The molecule has 0 saturated carbocycles. The van der Waals surface area contributed by atoms with E-state index in [4.69, 9.17) is 5.73 Å². The van der Waals surface area contributed by atoms with Gasteiger partial charge >= 0.3 is 0 Å². The molecule has 1 aromatic rings. The third-order valence-corrected chi connectivity index (χ3v) is 3.84. The number of nitrogens with zero attached hydrogens (tertiary/aromatic N) is 2. The maximum absolute atomic E-state index is 9.80. The summed E-state index contributed by atoms with van der Waals surface area (Å²) in [6.45, 7) is 6.86. The van der Waals surface area contributed by atoms with Crippen molar-refractivity contribution in [3.8, 4) is 5.75 Å². The Hall–Kier alpha value is -1.13. The topological polar surface area (TPSA) is 62.4 Å². The second-order valence-corrected chi connectivity index (χ2v) is 5.39. The van der Waals surface area contributed by atoms with Crippen molar-refractivity contribution < 1.29 is 5.11 Å². The SMILES string of the molecule is Cc1ccc(O)c(CN2CCC([C@@H](C)N)CC2)n1. The Bertz CT molecular complexity index is 398. The molecule has 1 atom stereocenters. The van der Waals surface area contributed by atoms with Gasteiger partial charge in [-0.25, -0.2) is 0 Å². The third-order valence-electron chi connectivity index (χ3n) is 3.84. The van der Waals surface area contributed by atoms with Crippen molar-refractivity contribution in [2.75, 3.05) is 13.1 Å². The van der Waals surface area contributed by atoms with Gasteiger partial charge in [-0.3, -0.25) is 9.88 Å². The minimum Gasteiger partial charge on any atom is -0.506 e. The molecule has 100 valence electrons. The molecule has 0 radical (unpaired) electrons. The quantitative estimate of drug-likeness (QED) is 0.855. The largest absolute Gasteiger partial charge is 0.506 e. The van der Waals surface area contributed by atoms with Gasteiger partial charge in [-0.1, -0.05) is 0 Å². The van der Waals surface area contributed by atoms with Crippen LogP contribution in [0.3, 0.4) is 0 Å². The Morgan fingerprint density at radius 1 is 1.44 bits per heavy atom. The molecule has 1 aliphatic rings. The van der Waals surface area contributed by atoms with Crippen molar-refractivity contribution in [1.29, 1.82) is 0 Å². The van der Waals surface area contributed by atoms with E-state index in [9.17, 15) is 5.11 Å². The maximum atomic E-state index is 9.80. The van der Waals surface area contributed by atoms with Crippen molar-refractivity contribution >= 4 is 0 Å². The maximum Gasteiger partial charge on any atom is 0.138 e. The Kier molecular flexibility index (Phi) is 4.19. The summed E-state index contributed by atoms with van der Waals surface area (Å²) in [5, 5.41) is 9.80. The number of pyridine rings is 1. The van der Waals surface area contributed by atoms with Crippen LogP contribution >= 0.6 is 0 Å². The molecule has 1 fully saturated rings. The molecular formula is C14H23N3O. The summed E-state index contributed by atoms with van der Waals surface area (Å²) in [6.07, 6.45) is 2.29. The zero-order valence-corrected chi connectivity index (χ0v) is 11.3. The van der Waals surface area contributed by atoms with E-state index in [0.717, 1.165) is 43.9 Å². The minimum atomic E-state index is 0.289. The Morgan fingerprint density at radius 2 is 2.11 bits per heavy atom. The van der Waals surface area contributed by atoms with Crippen LogP contribution < -0.4 is 5.73 Å². The zero-order valence-electron chi connectivity index (χ0n) is 11.3. The molecule has 0 aromatic carbocycles. The molecule has 1 aromatic heterocycles. The number of aromatic nitrogens is 1. The number of aryl methyl sites for hydroxylation is 1. The van der Waals surface area contributed by atoms with Gasteiger partial charge in [0.25, 0.3) is 0 Å². The molecule has 4 heteroatoms. The highest BCUT2D eigenvalue weighted by molar-refractivity contribution is 5.27. The molecule has 2 heterocycles. The molecule has 4 nitrogen and oxygen atoms in total. The van der Waals surface area contributed by atoms with Gasteiger partial charge in [0.05, 0.1) is 5.69 Å². The molecule has 0 spiro atoms. The molecule has 1 aliphatic heterocycles. The smallest absolute Gasteiger partial charge is 0.138 e. The molecule has 0 amide bonds. The Labute approximate surface area is 109 Å². The second kappa shape index (κ2) is 5.67. The average Bonchev–Trinajstić information content (AvgIpc) is 2.34. The highest BCUT2D eigenvalue weighted by Gasteiger charge is 2.22. The number of likely N-dealkylation sites (tertiary alicyclic amines) is 1. The van der Waals surface area contributed by atoms with Gasteiger partial charge in [-0.15, -0.1) is 0 Å². The third kappa shape index (κ3) is 3.21. The van der Waals surface area contributed by atoms with Crippen LogP contribution in [0, 0.1) is 12.8 Å². The van der Waals surface area contributed by atoms with Crippen LogP contribution in [0.4, 0.5) is 0 Å². The number of hydrogen-bond donors (Lipinski definition) is 2. The van der Waals surface area contributed by atoms with Gasteiger partial charge < -0.3 is 10.8 Å². The first kappa shape index (κ1) is 13.3. The molecule has 0 unspecified atom stereocenters. The first-order valence-corrected chi connectivity index (χ1v) is 6.69. The monoisotopic (exact) mass is 249 g/mol. The summed E-state index contributed by atoms with van der Waals surface area (Å²) < 4.78 is 0. The van der Waals surface area contributed by atoms with E-state index in [2.05, 4.69) is 16.8 Å². The van der Waals surface area contributed by atoms with E-state index >= 15 is 0 Å². The lowest BCUT2D eigenvalue weighted by Gasteiger charge is -2.33. The molecule has 18 heavy (non-hydrogen) atoms. The minimum absolute atomic E-state index is 0.289. The fourth-order valence-corrected chi connectivity index (χ4v) is 2.57. The van der Waals surface area contributed by atoms with Crippen LogP contribution in [-0.4, -0.2) is 34.1 Å². The fourth-order valence-electron chi connectivity index (χ4n) is 2.57. The zero-order chi connectivity index (χ0) is 13.1. The van der Waals surface area contributed by atoms with Crippen molar-refractivity contribution in [2.45, 2.75) is 39.3 Å². The molecule has 0 aliphatic carbocycles. The van der Waals surface area contributed by atoms with E-state index in [1.165, 1.54) is 0 Å². The van der Waals surface area contributed by atoms with Crippen LogP contribution in [0.2, 0.25) is 0 Å². The van der Waals surface area contributed by atoms with Crippen molar-refractivity contribution in [3.05, 3.63) is 23.5 Å². The van der Waals surface area contributed by atoms with E-state index in [0.29, 0.717) is 11.7 Å². The van der Waals surface area contributed by atoms with E-state index < -0.39 is 0 Å². The summed E-state index contributed by atoms with van der Waals surface area (Å²) in [5.74, 6) is 0.940. The predicted molar refractivity (Wildman–Crippen MR) is 72.3 cm³/mol. The summed E-state index contributed by atoms with van der Waals surface area (Å²) in [7, 11) is 0. The lowest BCUT2D eigenvalue weighted by atomic mass is 9.91. The Balaban J connectivity index is 1.93. The van der Waals surface area contributed by atoms with Crippen molar-refractivity contribution in [1.82, 2.24) is 9.88 Å². The van der Waals surface area contributed by atoms with Crippen LogP contribution in [-0.2, 0) is 6.54 Å². The van der Waals surface area contributed by atoms with Gasteiger partial charge in [0.2, 0.25) is 0 Å². The molecule has 1 saturated heterocycles.